The third-order valence-corrected chi connectivity index (χ3v) is 3.86. The van der Waals surface area contributed by atoms with Crippen molar-refractivity contribution in [1.29, 1.82) is 0 Å². The van der Waals surface area contributed by atoms with Crippen molar-refractivity contribution in [3.8, 4) is 0 Å². The molecular formula is C6H12N2S2. The predicted octanol–water partition coefficient (Wildman–Crippen LogP) is 0.868. The van der Waals surface area contributed by atoms with Crippen LogP contribution in [0.3, 0.4) is 0 Å². The molecule has 2 atom stereocenters. The van der Waals surface area contributed by atoms with Crippen LogP contribution in [0.2, 0.25) is 0 Å². The number of thiol groups is 1. The van der Waals surface area contributed by atoms with Gasteiger partial charge >= 0.3 is 0 Å². The Hall–Kier alpha value is 0.620. The van der Waals surface area contributed by atoms with E-state index >= 15 is 0 Å². The van der Waals surface area contributed by atoms with Crippen molar-refractivity contribution in [2.75, 3.05) is 20.1 Å². The van der Waals surface area contributed by atoms with Gasteiger partial charge in [0.25, 0.3) is 0 Å². The molecule has 0 saturated carbocycles. The maximum absolute atomic E-state index is 4.20. The van der Waals surface area contributed by atoms with Crippen LogP contribution in [-0.4, -0.2) is 41.4 Å². The van der Waals surface area contributed by atoms with Crippen LogP contribution in [0.5, 0.6) is 0 Å². The van der Waals surface area contributed by atoms with Gasteiger partial charge in [-0.2, -0.15) is 0 Å². The lowest BCUT2D eigenvalue weighted by Gasteiger charge is -2.29. The topological polar surface area (TPSA) is 6.48 Å². The van der Waals surface area contributed by atoms with Crippen LogP contribution in [0.4, 0.5) is 0 Å². The van der Waals surface area contributed by atoms with Gasteiger partial charge in [-0.05, 0) is 24.4 Å². The molecule has 0 radical (unpaired) electrons. The lowest BCUT2D eigenvalue weighted by atomic mass is 10.2. The highest BCUT2D eigenvalue weighted by molar-refractivity contribution is 8.67. The van der Waals surface area contributed by atoms with E-state index in [0.29, 0.717) is 0 Å². The minimum Gasteiger partial charge on any atom is -0.300 e. The number of hydrogen-bond acceptors (Lipinski definition) is 4. The van der Waals surface area contributed by atoms with Gasteiger partial charge in [-0.3, -0.25) is 0 Å². The molecule has 2 unspecified atom stereocenters. The molecule has 10 heavy (non-hydrogen) atoms. The van der Waals surface area contributed by atoms with Crippen LogP contribution in [-0.2, 0) is 0 Å². The molecule has 0 spiro atoms. The summed E-state index contributed by atoms with van der Waals surface area (Å²) in [6.45, 7) is 2.44. The Morgan fingerprint density at radius 3 is 2.60 bits per heavy atom. The fourth-order valence-corrected chi connectivity index (χ4v) is 3.05. The Balaban J connectivity index is 2.02. The van der Waals surface area contributed by atoms with Crippen molar-refractivity contribution in [3.63, 3.8) is 0 Å². The third-order valence-electron chi connectivity index (χ3n) is 2.57. The van der Waals surface area contributed by atoms with E-state index in [2.05, 4.69) is 27.9 Å². The fourth-order valence-electron chi connectivity index (χ4n) is 1.93. The van der Waals surface area contributed by atoms with Crippen molar-refractivity contribution in [3.05, 3.63) is 0 Å². The SMILES string of the molecule is CN1CC2CC1CN2SS. The summed E-state index contributed by atoms with van der Waals surface area (Å²) < 4.78 is 2.38. The monoisotopic (exact) mass is 176 g/mol. The summed E-state index contributed by atoms with van der Waals surface area (Å²) >= 11 is 4.20. The van der Waals surface area contributed by atoms with Gasteiger partial charge in [0.2, 0.25) is 0 Å². The molecule has 0 amide bonds. The zero-order valence-electron chi connectivity index (χ0n) is 6.03. The molecule has 58 valence electrons. The molecule has 4 heteroatoms. The molecule has 2 aliphatic heterocycles. The number of likely N-dealkylation sites (tertiary alicyclic amines) is 1. The molecule has 2 nitrogen and oxygen atoms in total. The Labute approximate surface area is 70.9 Å². The third kappa shape index (κ3) is 0.978. The van der Waals surface area contributed by atoms with Gasteiger partial charge in [0.1, 0.15) is 0 Å². The van der Waals surface area contributed by atoms with Crippen molar-refractivity contribution < 1.29 is 0 Å². The zero-order valence-corrected chi connectivity index (χ0v) is 7.74. The normalized spacial score (nSPS) is 41.4. The van der Waals surface area contributed by atoms with Crippen molar-refractivity contribution >= 4 is 22.6 Å². The Morgan fingerprint density at radius 1 is 1.40 bits per heavy atom. The molecule has 2 aliphatic rings. The molecule has 0 N–H and O–H groups in total. The maximum atomic E-state index is 4.20. The van der Waals surface area contributed by atoms with Crippen LogP contribution < -0.4 is 0 Å². The van der Waals surface area contributed by atoms with Crippen LogP contribution >= 0.6 is 22.6 Å². The first-order chi connectivity index (χ1) is 4.81. The van der Waals surface area contributed by atoms with Gasteiger partial charge in [-0.1, -0.05) is 11.7 Å². The smallest absolute Gasteiger partial charge is 0.0353 e. The average Bonchev–Trinajstić information content (AvgIpc) is 2.44. The van der Waals surface area contributed by atoms with Gasteiger partial charge in [-0.25, -0.2) is 4.31 Å². The summed E-state index contributed by atoms with van der Waals surface area (Å²) in [6.07, 6.45) is 1.35. The first kappa shape index (κ1) is 7.28. The summed E-state index contributed by atoms with van der Waals surface area (Å²) in [6, 6.07) is 1.59. The van der Waals surface area contributed by atoms with E-state index in [-0.39, 0.29) is 0 Å². The predicted molar refractivity (Wildman–Crippen MR) is 48.1 cm³/mol. The molecule has 2 saturated heterocycles. The lowest BCUT2D eigenvalue weighted by Crippen LogP contribution is -2.40. The van der Waals surface area contributed by atoms with Crippen molar-refractivity contribution in [2.45, 2.75) is 18.5 Å². The van der Waals surface area contributed by atoms with E-state index in [9.17, 15) is 0 Å². The molecule has 0 aliphatic carbocycles. The van der Waals surface area contributed by atoms with Gasteiger partial charge < -0.3 is 4.90 Å². The van der Waals surface area contributed by atoms with Gasteiger partial charge in [-0.15, -0.1) is 0 Å². The summed E-state index contributed by atoms with van der Waals surface area (Å²) in [5.41, 5.74) is 0. The van der Waals surface area contributed by atoms with Crippen molar-refractivity contribution in [2.24, 2.45) is 0 Å². The van der Waals surface area contributed by atoms with Crippen LogP contribution in [0.1, 0.15) is 6.42 Å². The molecule has 0 aromatic carbocycles. The summed E-state index contributed by atoms with van der Waals surface area (Å²) in [5, 5.41) is 0. The average molecular weight is 176 g/mol. The quantitative estimate of drug-likeness (QED) is 0.360. The van der Waals surface area contributed by atoms with E-state index in [1.807, 2.05) is 0 Å². The highest BCUT2D eigenvalue weighted by Gasteiger charge is 2.41. The molecule has 0 aromatic heterocycles. The fraction of sp³-hybridized carbons (Fsp3) is 1.00. The minimum absolute atomic E-state index is 0.775. The largest absolute Gasteiger partial charge is 0.300 e. The lowest BCUT2D eigenvalue weighted by molar-refractivity contribution is 0.228. The number of piperazine rings is 1. The molecule has 2 heterocycles. The summed E-state index contributed by atoms with van der Waals surface area (Å²) in [7, 11) is 3.81. The number of fused-ring (bicyclic) bond motifs is 2. The molecule has 2 fully saturated rings. The van der Waals surface area contributed by atoms with E-state index in [1.54, 1.807) is 11.0 Å². The Morgan fingerprint density at radius 2 is 2.20 bits per heavy atom. The number of likely N-dealkylation sites (N-methyl/N-ethyl adjacent to an activating group) is 1. The van der Waals surface area contributed by atoms with E-state index in [4.69, 9.17) is 0 Å². The van der Waals surface area contributed by atoms with Gasteiger partial charge in [0, 0.05) is 25.2 Å². The van der Waals surface area contributed by atoms with E-state index in [0.717, 1.165) is 12.1 Å². The van der Waals surface area contributed by atoms with Crippen molar-refractivity contribution in [1.82, 2.24) is 9.21 Å². The first-order valence-electron chi connectivity index (χ1n) is 3.59. The van der Waals surface area contributed by atoms with Crippen LogP contribution in [0, 0.1) is 0 Å². The van der Waals surface area contributed by atoms with E-state index < -0.39 is 0 Å². The molecule has 2 rings (SSSR count). The van der Waals surface area contributed by atoms with Crippen LogP contribution in [0.15, 0.2) is 0 Å². The first-order valence-corrected chi connectivity index (χ1v) is 5.42. The van der Waals surface area contributed by atoms with E-state index in [1.165, 1.54) is 19.5 Å². The molecular weight excluding hydrogens is 164 g/mol. The molecule has 0 aromatic rings. The second-order valence-electron chi connectivity index (χ2n) is 3.16. The Kier molecular flexibility index (Phi) is 1.88. The van der Waals surface area contributed by atoms with Gasteiger partial charge in [0.05, 0.1) is 0 Å². The number of nitrogens with zero attached hydrogens (tertiary/aromatic N) is 2. The number of hydrogen-bond donors (Lipinski definition) is 1. The van der Waals surface area contributed by atoms with Gasteiger partial charge in [0.15, 0.2) is 0 Å². The highest BCUT2D eigenvalue weighted by atomic mass is 33.1. The second-order valence-corrected chi connectivity index (χ2v) is 4.29. The maximum Gasteiger partial charge on any atom is 0.0353 e. The second kappa shape index (κ2) is 2.59. The minimum atomic E-state index is 0.775. The van der Waals surface area contributed by atoms with Crippen LogP contribution in [0.25, 0.3) is 0 Å². The summed E-state index contributed by atoms with van der Waals surface area (Å²) in [5.74, 6) is 0. The highest BCUT2D eigenvalue weighted by Crippen LogP contribution is 2.34. The zero-order chi connectivity index (χ0) is 7.14. The summed E-state index contributed by atoms with van der Waals surface area (Å²) in [4.78, 5) is 2.45. The number of rotatable bonds is 1. The molecule has 2 bridgehead atoms. The standard InChI is InChI=1S/C6H12N2S2/c1-7-3-6-2-5(7)4-8(6)10-9/h5-6,9H,2-4H2,1H3. The Bertz CT molecular complexity index is 140.